The van der Waals surface area contributed by atoms with E-state index in [-0.39, 0.29) is 5.56 Å². The van der Waals surface area contributed by atoms with Crippen LogP contribution in [0, 0.1) is 0 Å². The highest BCUT2D eigenvalue weighted by molar-refractivity contribution is 7.18. The molecule has 7 heteroatoms. The zero-order valence-corrected chi connectivity index (χ0v) is 18.7. The molecule has 0 saturated carbocycles. The minimum absolute atomic E-state index is 0.104. The summed E-state index contributed by atoms with van der Waals surface area (Å²) in [6.07, 6.45) is 9.44. The van der Waals surface area contributed by atoms with E-state index in [0.717, 1.165) is 52.0 Å². The Morgan fingerprint density at radius 2 is 1.73 bits per heavy atom. The van der Waals surface area contributed by atoms with Gasteiger partial charge in [0, 0.05) is 22.2 Å². The summed E-state index contributed by atoms with van der Waals surface area (Å²) in [5.41, 5.74) is 4.64. The molecule has 0 aliphatic heterocycles. The molecule has 3 aromatic heterocycles. The van der Waals surface area contributed by atoms with Crippen molar-refractivity contribution in [3.63, 3.8) is 0 Å². The van der Waals surface area contributed by atoms with Crippen molar-refractivity contribution in [3.8, 4) is 16.9 Å². The third kappa shape index (κ3) is 3.60. The van der Waals surface area contributed by atoms with Gasteiger partial charge in [-0.1, -0.05) is 48.5 Å². The monoisotopic (exact) mass is 451 g/mol. The number of para-hydroxylation sites is 1. The molecule has 5 aromatic rings. The van der Waals surface area contributed by atoms with Crippen LogP contribution in [0.3, 0.4) is 0 Å². The Kier molecular flexibility index (Phi) is 4.96. The van der Waals surface area contributed by atoms with E-state index in [1.165, 1.54) is 27.9 Å². The largest absolute Gasteiger partial charge is 0.282 e. The normalized spacial score (nSPS) is 13.6. The third-order valence-electron chi connectivity index (χ3n) is 5.99. The summed E-state index contributed by atoms with van der Waals surface area (Å²) in [5.74, 6) is 0. The van der Waals surface area contributed by atoms with E-state index >= 15 is 0 Å². The Morgan fingerprint density at radius 3 is 2.55 bits per heavy atom. The number of hydrogen-bond acceptors (Lipinski definition) is 5. The fourth-order valence-corrected chi connectivity index (χ4v) is 5.58. The average molecular weight is 452 g/mol. The second kappa shape index (κ2) is 8.26. The lowest BCUT2D eigenvalue weighted by Crippen LogP contribution is -2.18. The second-order valence-electron chi connectivity index (χ2n) is 8.11. The molecule has 0 spiro atoms. The quantitative estimate of drug-likeness (QED) is 0.358. The zero-order valence-electron chi connectivity index (χ0n) is 17.9. The first-order valence-corrected chi connectivity index (χ1v) is 11.9. The van der Waals surface area contributed by atoms with E-state index in [1.54, 1.807) is 17.6 Å². The molecule has 0 atom stereocenters. The van der Waals surface area contributed by atoms with Crippen molar-refractivity contribution in [2.24, 2.45) is 5.10 Å². The van der Waals surface area contributed by atoms with Gasteiger partial charge in [-0.2, -0.15) is 14.9 Å². The van der Waals surface area contributed by atoms with E-state index < -0.39 is 0 Å². The molecule has 162 valence electrons. The lowest BCUT2D eigenvalue weighted by Gasteiger charge is -2.09. The number of nitrogens with zero attached hydrogens (tertiary/aromatic N) is 5. The Morgan fingerprint density at radius 1 is 0.970 bits per heavy atom. The van der Waals surface area contributed by atoms with Gasteiger partial charge in [0.05, 0.1) is 17.3 Å². The summed E-state index contributed by atoms with van der Waals surface area (Å²) in [6, 6.07) is 19.9. The molecule has 0 amide bonds. The standard InChI is InChI=1S/C26H21N5OS/c32-26-23-21-13-7-8-14-22(21)33-25(23)27-17-31(26)28-15-19-16-30(20-11-5-2-6-12-20)29-24(19)18-9-3-1-4-10-18/h1-6,9-12,15-17H,7-8,13-14H2/b28-15+. The summed E-state index contributed by atoms with van der Waals surface area (Å²) >= 11 is 1.65. The minimum atomic E-state index is -0.104. The molecule has 6 nitrogen and oxygen atoms in total. The minimum Gasteiger partial charge on any atom is -0.267 e. The van der Waals surface area contributed by atoms with Crippen LogP contribution in [-0.2, 0) is 12.8 Å². The van der Waals surface area contributed by atoms with Gasteiger partial charge in [0.2, 0.25) is 0 Å². The molecule has 0 bridgehead atoms. The van der Waals surface area contributed by atoms with Gasteiger partial charge in [-0.05, 0) is 43.4 Å². The molecule has 0 radical (unpaired) electrons. The van der Waals surface area contributed by atoms with Crippen molar-refractivity contribution < 1.29 is 0 Å². The van der Waals surface area contributed by atoms with Crippen molar-refractivity contribution in [3.05, 3.63) is 99.5 Å². The second-order valence-corrected chi connectivity index (χ2v) is 9.19. The van der Waals surface area contributed by atoms with Crippen LogP contribution in [0.4, 0.5) is 0 Å². The fourth-order valence-electron chi connectivity index (χ4n) is 4.36. The molecule has 6 rings (SSSR count). The molecule has 0 unspecified atom stereocenters. The van der Waals surface area contributed by atoms with Gasteiger partial charge in [-0.3, -0.25) is 4.79 Å². The van der Waals surface area contributed by atoms with Crippen molar-refractivity contribution in [2.45, 2.75) is 25.7 Å². The van der Waals surface area contributed by atoms with Crippen molar-refractivity contribution in [1.29, 1.82) is 0 Å². The molecule has 0 saturated heterocycles. The maximum absolute atomic E-state index is 13.3. The molecule has 1 aliphatic carbocycles. The van der Waals surface area contributed by atoms with Gasteiger partial charge in [0.1, 0.15) is 16.9 Å². The lowest BCUT2D eigenvalue weighted by molar-refractivity contribution is 0.699. The van der Waals surface area contributed by atoms with E-state index in [1.807, 2.05) is 71.5 Å². The van der Waals surface area contributed by atoms with Crippen LogP contribution in [0.1, 0.15) is 28.8 Å². The molecule has 2 aromatic carbocycles. The zero-order chi connectivity index (χ0) is 22.2. The van der Waals surface area contributed by atoms with Gasteiger partial charge in [-0.25, -0.2) is 9.67 Å². The van der Waals surface area contributed by atoms with Crippen molar-refractivity contribution in [1.82, 2.24) is 19.4 Å². The van der Waals surface area contributed by atoms with Crippen LogP contribution in [-0.4, -0.2) is 25.7 Å². The van der Waals surface area contributed by atoms with Crippen LogP contribution < -0.4 is 5.56 Å². The van der Waals surface area contributed by atoms with Gasteiger partial charge in [-0.15, -0.1) is 11.3 Å². The Hall–Kier alpha value is -3.84. The van der Waals surface area contributed by atoms with E-state index in [2.05, 4.69) is 10.1 Å². The first-order chi connectivity index (χ1) is 16.3. The van der Waals surface area contributed by atoms with Crippen LogP contribution in [0.5, 0.6) is 0 Å². The van der Waals surface area contributed by atoms with Crippen LogP contribution in [0.15, 0.2) is 83.1 Å². The highest BCUT2D eigenvalue weighted by Crippen LogP contribution is 2.33. The number of aryl methyl sites for hydroxylation is 2. The van der Waals surface area contributed by atoms with Crippen LogP contribution in [0.2, 0.25) is 0 Å². The molecule has 33 heavy (non-hydrogen) atoms. The molecule has 1 aliphatic rings. The van der Waals surface area contributed by atoms with Gasteiger partial charge >= 0.3 is 0 Å². The summed E-state index contributed by atoms with van der Waals surface area (Å²) in [7, 11) is 0. The number of fused-ring (bicyclic) bond motifs is 3. The average Bonchev–Trinajstić information content (AvgIpc) is 3.47. The molecular weight excluding hydrogens is 430 g/mol. The SMILES string of the molecule is O=c1c2c3c(sc2ncn1/N=C/c1cn(-c2ccccc2)nc1-c1ccccc1)CCCC3. The van der Waals surface area contributed by atoms with Crippen LogP contribution in [0.25, 0.3) is 27.2 Å². The molecule has 0 N–H and O–H groups in total. The summed E-state index contributed by atoms with van der Waals surface area (Å²) in [5, 5.41) is 10.1. The Balaban J connectivity index is 1.44. The van der Waals surface area contributed by atoms with Gasteiger partial charge < -0.3 is 0 Å². The first kappa shape index (κ1) is 19.8. The highest BCUT2D eigenvalue weighted by Gasteiger charge is 2.20. The predicted molar refractivity (Wildman–Crippen MR) is 133 cm³/mol. The van der Waals surface area contributed by atoms with Crippen molar-refractivity contribution in [2.75, 3.05) is 0 Å². The van der Waals surface area contributed by atoms with Crippen molar-refractivity contribution >= 4 is 27.8 Å². The van der Waals surface area contributed by atoms with E-state index in [4.69, 9.17) is 5.10 Å². The number of thiophene rings is 1. The molecule has 3 heterocycles. The Labute approximate surface area is 194 Å². The third-order valence-corrected chi connectivity index (χ3v) is 7.19. The predicted octanol–water partition coefficient (Wildman–Crippen LogP) is 5.07. The first-order valence-electron chi connectivity index (χ1n) is 11.0. The van der Waals surface area contributed by atoms with E-state index in [9.17, 15) is 4.79 Å². The van der Waals surface area contributed by atoms with E-state index in [0.29, 0.717) is 0 Å². The number of aromatic nitrogens is 4. The maximum atomic E-state index is 13.3. The summed E-state index contributed by atoms with van der Waals surface area (Å²) < 4.78 is 3.18. The summed E-state index contributed by atoms with van der Waals surface area (Å²) in [4.78, 5) is 19.9. The summed E-state index contributed by atoms with van der Waals surface area (Å²) in [6.45, 7) is 0. The van der Waals surface area contributed by atoms with Gasteiger partial charge in [0.25, 0.3) is 5.56 Å². The number of rotatable bonds is 4. The highest BCUT2D eigenvalue weighted by atomic mass is 32.1. The fraction of sp³-hybridized carbons (Fsp3) is 0.154. The molecular formula is C26H21N5OS. The number of hydrogen-bond donors (Lipinski definition) is 0. The Bertz CT molecular complexity index is 1530. The van der Waals surface area contributed by atoms with Crippen LogP contribution >= 0.6 is 11.3 Å². The molecule has 0 fully saturated rings. The topological polar surface area (TPSA) is 65.1 Å². The number of benzene rings is 2. The van der Waals surface area contributed by atoms with Gasteiger partial charge in [0.15, 0.2) is 0 Å². The smallest absolute Gasteiger partial charge is 0.267 e. The lowest BCUT2D eigenvalue weighted by atomic mass is 9.97. The maximum Gasteiger partial charge on any atom is 0.282 e.